The molecule has 0 aromatic rings. The number of hydrogen-bond donors (Lipinski definition) is 2. The van der Waals surface area contributed by atoms with Crippen LogP contribution in [-0.4, -0.2) is 31.0 Å². The fourth-order valence-corrected chi connectivity index (χ4v) is 0.758. The Balaban J connectivity index is 3.00. The van der Waals surface area contributed by atoms with E-state index in [9.17, 15) is 0 Å². The number of nitrogens with two attached hydrogens (primary N) is 1. The molecule has 1 unspecified atom stereocenters. The van der Waals surface area contributed by atoms with Crippen LogP contribution in [0, 0.1) is 5.92 Å². The fraction of sp³-hybridized carbons (Fsp3) is 1.00. The number of aliphatic hydroxyl groups is 1. The van der Waals surface area contributed by atoms with E-state index < -0.39 is 6.10 Å². The van der Waals surface area contributed by atoms with Gasteiger partial charge >= 0.3 is 0 Å². The molecule has 1 atom stereocenters. The average molecular weight is 175 g/mol. The highest BCUT2D eigenvalue weighted by molar-refractivity contribution is 4.53. The summed E-state index contributed by atoms with van der Waals surface area (Å²) in [5.41, 5.74) is 5.23. The first kappa shape index (κ1) is 11.9. The molecule has 0 aliphatic rings. The summed E-state index contributed by atoms with van der Waals surface area (Å²) in [5, 5.41) is 9.06. The molecule has 0 bridgehead atoms. The Morgan fingerprint density at radius 3 is 2.33 bits per heavy atom. The Morgan fingerprint density at radius 2 is 1.83 bits per heavy atom. The number of rotatable bonds is 7. The SMILES string of the molecule is CC(C)CCOCCC(O)CN. The molecule has 12 heavy (non-hydrogen) atoms. The van der Waals surface area contributed by atoms with E-state index in [1.54, 1.807) is 0 Å². The van der Waals surface area contributed by atoms with Crippen LogP contribution in [0.2, 0.25) is 0 Å². The summed E-state index contributed by atoms with van der Waals surface area (Å²) in [7, 11) is 0. The van der Waals surface area contributed by atoms with E-state index in [4.69, 9.17) is 15.6 Å². The fourth-order valence-electron chi connectivity index (χ4n) is 0.758. The van der Waals surface area contributed by atoms with Crippen molar-refractivity contribution in [1.29, 1.82) is 0 Å². The summed E-state index contributed by atoms with van der Waals surface area (Å²) < 4.78 is 5.30. The molecule has 0 saturated carbocycles. The van der Waals surface area contributed by atoms with Gasteiger partial charge in [0.2, 0.25) is 0 Å². The van der Waals surface area contributed by atoms with Gasteiger partial charge in [0.05, 0.1) is 6.10 Å². The largest absolute Gasteiger partial charge is 0.392 e. The summed E-state index contributed by atoms with van der Waals surface area (Å²) in [4.78, 5) is 0. The first-order valence-electron chi connectivity index (χ1n) is 4.62. The molecule has 0 aromatic heterocycles. The van der Waals surface area contributed by atoms with Crippen molar-refractivity contribution in [1.82, 2.24) is 0 Å². The summed E-state index contributed by atoms with van der Waals surface area (Å²) in [6, 6.07) is 0. The predicted molar refractivity (Wildman–Crippen MR) is 50.0 cm³/mol. The number of hydrogen-bond acceptors (Lipinski definition) is 3. The summed E-state index contributed by atoms with van der Waals surface area (Å²) >= 11 is 0. The minimum atomic E-state index is -0.399. The van der Waals surface area contributed by atoms with Crippen LogP contribution in [0.4, 0.5) is 0 Å². The van der Waals surface area contributed by atoms with Crippen LogP contribution < -0.4 is 5.73 Å². The lowest BCUT2D eigenvalue weighted by Gasteiger charge is -2.08. The Labute approximate surface area is 74.9 Å². The van der Waals surface area contributed by atoms with Gasteiger partial charge in [-0.25, -0.2) is 0 Å². The molecule has 3 nitrogen and oxygen atoms in total. The lowest BCUT2D eigenvalue weighted by atomic mass is 10.1. The molecule has 3 N–H and O–H groups in total. The summed E-state index contributed by atoms with van der Waals surface area (Å²) in [5.74, 6) is 0.685. The molecule has 0 aliphatic heterocycles. The number of aliphatic hydroxyl groups excluding tert-OH is 1. The minimum absolute atomic E-state index is 0.327. The topological polar surface area (TPSA) is 55.5 Å². The molecule has 0 rings (SSSR count). The highest BCUT2D eigenvalue weighted by atomic mass is 16.5. The molecule has 0 saturated heterocycles. The maximum Gasteiger partial charge on any atom is 0.0684 e. The maximum absolute atomic E-state index is 9.06. The third kappa shape index (κ3) is 7.98. The van der Waals surface area contributed by atoms with Gasteiger partial charge in [0, 0.05) is 19.8 Å². The maximum atomic E-state index is 9.06. The second-order valence-electron chi connectivity index (χ2n) is 3.47. The first-order valence-corrected chi connectivity index (χ1v) is 4.62. The summed E-state index contributed by atoms with van der Waals surface area (Å²) in [6.07, 6.45) is 1.33. The van der Waals surface area contributed by atoms with Crippen molar-refractivity contribution in [2.75, 3.05) is 19.8 Å². The zero-order valence-corrected chi connectivity index (χ0v) is 8.12. The van der Waals surface area contributed by atoms with Gasteiger partial charge in [-0.2, -0.15) is 0 Å². The van der Waals surface area contributed by atoms with Crippen molar-refractivity contribution in [2.24, 2.45) is 11.7 Å². The lowest BCUT2D eigenvalue weighted by molar-refractivity contribution is 0.0799. The number of ether oxygens (including phenoxy) is 1. The van der Waals surface area contributed by atoms with E-state index in [0.717, 1.165) is 13.0 Å². The van der Waals surface area contributed by atoms with Gasteiger partial charge < -0.3 is 15.6 Å². The molecular weight excluding hydrogens is 154 g/mol. The molecule has 74 valence electrons. The molecule has 0 aromatic carbocycles. The van der Waals surface area contributed by atoms with Crippen LogP contribution in [0.3, 0.4) is 0 Å². The third-order valence-electron chi connectivity index (χ3n) is 1.71. The predicted octanol–water partition coefficient (Wildman–Crippen LogP) is 0.759. The van der Waals surface area contributed by atoms with E-state index in [1.165, 1.54) is 0 Å². The average Bonchev–Trinajstić information content (AvgIpc) is 2.03. The van der Waals surface area contributed by atoms with Crippen LogP contribution in [0.1, 0.15) is 26.7 Å². The normalized spacial score (nSPS) is 13.8. The molecule has 0 amide bonds. The van der Waals surface area contributed by atoms with E-state index in [0.29, 0.717) is 25.5 Å². The van der Waals surface area contributed by atoms with Gasteiger partial charge in [0.25, 0.3) is 0 Å². The smallest absolute Gasteiger partial charge is 0.0684 e. The Kier molecular flexibility index (Phi) is 7.45. The van der Waals surface area contributed by atoms with Crippen molar-refractivity contribution in [3.63, 3.8) is 0 Å². The standard InChI is InChI=1S/C9H21NO2/c1-8(2)3-5-12-6-4-9(11)7-10/h8-9,11H,3-7,10H2,1-2H3. The van der Waals surface area contributed by atoms with Gasteiger partial charge in [-0.15, -0.1) is 0 Å². The first-order chi connectivity index (χ1) is 5.66. The highest BCUT2D eigenvalue weighted by Gasteiger charge is 2.00. The molecule has 0 heterocycles. The van der Waals surface area contributed by atoms with Crippen LogP contribution in [0.25, 0.3) is 0 Å². The quantitative estimate of drug-likeness (QED) is 0.562. The second kappa shape index (κ2) is 7.53. The molecule has 0 aliphatic carbocycles. The summed E-state index contributed by atoms with van der Waals surface area (Å²) in [6.45, 7) is 6.06. The van der Waals surface area contributed by atoms with Crippen molar-refractivity contribution in [3.05, 3.63) is 0 Å². The van der Waals surface area contributed by atoms with Gasteiger partial charge in [0.1, 0.15) is 0 Å². The van der Waals surface area contributed by atoms with E-state index >= 15 is 0 Å². The van der Waals surface area contributed by atoms with Crippen molar-refractivity contribution < 1.29 is 9.84 Å². The van der Waals surface area contributed by atoms with E-state index in [1.807, 2.05) is 0 Å². The Hall–Kier alpha value is -0.120. The van der Waals surface area contributed by atoms with Gasteiger partial charge in [-0.1, -0.05) is 13.8 Å². The van der Waals surface area contributed by atoms with E-state index in [-0.39, 0.29) is 0 Å². The van der Waals surface area contributed by atoms with Crippen LogP contribution in [0.15, 0.2) is 0 Å². The monoisotopic (exact) mass is 175 g/mol. The zero-order valence-electron chi connectivity index (χ0n) is 8.12. The van der Waals surface area contributed by atoms with Gasteiger partial charge in [-0.3, -0.25) is 0 Å². The lowest BCUT2D eigenvalue weighted by Crippen LogP contribution is -2.21. The molecule has 3 heteroatoms. The van der Waals surface area contributed by atoms with Gasteiger partial charge in [0.15, 0.2) is 0 Å². The molecular formula is C9H21NO2. The second-order valence-corrected chi connectivity index (χ2v) is 3.47. The van der Waals surface area contributed by atoms with Gasteiger partial charge in [-0.05, 0) is 18.8 Å². The molecule has 0 spiro atoms. The van der Waals surface area contributed by atoms with Crippen LogP contribution in [-0.2, 0) is 4.74 Å². The highest BCUT2D eigenvalue weighted by Crippen LogP contribution is 1.99. The van der Waals surface area contributed by atoms with E-state index in [2.05, 4.69) is 13.8 Å². The minimum Gasteiger partial charge on any atom is -0.392 e. The molecule has 0 fully saturated rings. The van der Waals surface area contributed by atoms with Crippen molar-refractivity contribution in [3.8, 4) is 0 Å². The Morgan fingerprint density at radius 1 is 1.25 bits per heavy atom. The molecule has 0 radical (unpaired) electrons. The Bertz CT molecular complexity index is 96.5. The van der Waals surface area contributed by atoms with Crippen LogP contribution >= 0.6 is 0 Å². The van der Waals surface area contributed by atoms with Crippen LogP contribution in [0.5, 0.6) is 0 Å². The zero-order chi connectivity index (χ0) is 9.40. The third-order valence-corrected chi connectivity index (χ3v) is 1.71. The van der Waals surface area contributed by atoms with Crippen molar-refractivity contribution in [2.45, 2.75) is 32.8 Å². The van der Waals surface area contributed by atoms with Crippen molar-refractivity contribution >= 4 is 0 Å².